The summed E-state index contributed by atoms with van der Waals surface area (Å²) in [5.41, 5.74) is 7.83. The van der Waals surface area contributed by atoms with Crippen molar-refractivity contribution in [1.82, 2.24) is 10.3 Å². The molecular formula is C28H22ClN5O3. The predicted molar refractivity (Wildman–Crippen MR) is 142 cm³/mol. The second kappa shape index (κ2) is 11.4. The van der Waals surface area contributed by atoms with Gasteiger partial charge in [-0.2, -0.15) is 5.26 Å². The van der Waals surface area contributed by atoms with E-state index < -0.39 is 5.91 Å². The lowest BCUT2D eigenvalue weighted by Gasteiger charge is -2.15. The highest BCUT2D eigenvalue weighted by atomic mass is 35.5. The van der Waals surface area contributed by atoms with E-state index in [1.807, 2.05) is 0 Å². The molecule has 0 bridgehead atoms. The summed E-state index contributed by atoms with van der Waals surface area (Å²) in [5, 5.41) is 26.2. The number of phenolic OH excluding ortho intramolecular Hbond substituents is 1. The quantitative estimate of drug-likeness (QED) is 0.286. The highest BCUT2D eigenvalue weighted by Crippen LogP contribution is 2.36. The van der Waals surface area contributed by atoms with E-state index in [4.69, 9.17) is 17.3 Å². The lowest BCUT2D eigenvalue weighted by atomic mass is 9.96. The van der Waals surface area contributed by atoms with Gasteiger partial charge in [0.2, 0.25) is 0 Å². The number of rotatable bonds is 7. The van der Waals surface area contributed by atoms with E-state index in [0.717, 1.165) is 0 Å². The smallest absolute Gasteiger partial charge is 0.258 e. The Morgan fingerprint density at radius 1 is 0.973 bits per heavy atom. The third-order valence-corrected chi connectivity index (χ3v) is 5.86. The van der Waals surface area contributed by atoms with Gasteiger partial charge in [0, 0.05) is 29.8 Å². The van der Waals surface area contributed by atoms with Crippen LogP contribution in [0.2, 0.25) is 5.02 Å². The topological polar surface area (TPSA) is 141 Å². The number of nitrogens with one attached hydrogen (secondary N) is 2. The zero-order valence-electron chi connectivity index (χ0n) is 19.5. The van der Waals surface area contributed by atoms with Crippen molar-refractivity contribution in [2.45, 2.75) is 0 Å². The molecule has 1 aromatic heterocycles. The van der Waals surface area contributed by atoms with Crippen LogP contribution in [0, 0.1) is 11.3 Å². The fourth-order valence-electron chi connectivity index (χ4n) is 3.74. The Morgan fingerprint density at radius 3 is 2.46 bits per heavy atom. The molecule has 5 N–H and O–H groups in total. The first-order chi connectivity index (χ1) is 17.9. The van der Waals surface area contributed by atoms with E-state index in [9.17, 15) is 20.0 Å². The number of phenols is 1. The van der Waals surface area contributed by atoms with Gasteiger partial charge in [-0.3, -0.25) is 9.59 Å². The number of aromatic nitrogens is 1. The number of nitriles is 1. The average molecular weight is 512 g/mol. The van der Waals surface area contributed by atoms with Crippen molar-refractivity contribution in [3.63, 3.8) is 0 Å². The summed E-state index contributed by atoms with van der Waals surface area (Å²) in [4.78, 5) is 30.1. The van der Waals surface area contributed by atoms with E-state index in [1.165, 1.54) is 6.07 Å². The van der Waals surface area contributed by atoms with Crippen LogP contribution in [-0.4, -0.2) is 35.0 Å². The van der Waals surface area contributed by atoms with Crippen molar-refractivity contribution in [2.75, 3.05) is 18.4 Å². The maximum Gasteiger partial charge on any atom is 0.258 e. The summed E-state index contributed by atoms with van der Waals surface area (Å²) in [6, 6.07) is 23.6. The van der Waals surface area contributed by atoms with Crippen LogP contribution in [0.1, 0.15) is 26.3 Å². The van der Waals surface area contributed by atoms with Crippen LogP contribution in [-0.2, 0) is 0 Å². The Hall–Kier alpha value is -4.71. The summed E-state index contributed by atoms with van der Waals surface area (Å²) in [7, 11) is 0. The summed E-state index contributed by atoms with van der Waals surface area (Å²) in [5.74, 6) is -0.900. The first-order valence-electron chi connectivity index (χ1n) is 11.3. The number of anilines is 1. The zero-order valence-corrected chi connectivity index (χ0v) is 20.3. The summed E-state index contributed by atoms with van der Waals surface area (Å²) in [6.07, 6.45) is 0. The molecule has 2 amide bonds. The molecule has 0 aliphatic rings. The molecule has 4 aromatic rings. The SMILES string of the molecule is N#Cc1c(-c2cccc(C(=O)NCCN)c2)cc(-c2ccccc2O)nc1NC(=O)c1ccccc1Cl. The average Bonchev–Trinajstić information content (AvgIpc) is 2.91. The van der Waals surface area contributed by atoms with E-state index in [1.54, 1.807) is 72.8 Å². The number of para-hydroxylation sites is 1. The van der Waals surface area contributed by atoms with Gasteiger partial charge < -0.3 is 21.5 Å². The second-order valence-corrected chi connectivity index (χ2v) is 8.37. The van der Waals surface area contributed by atoms with Crippen LogP contribution >= 0.6 is 11.6 Å². The number of hydrogen-bond acceptors (Lipinski definition) is 6. The van der Waals surface area contributed by atoms with Crippen LogP contribution in [0.3, 0.4) is 0 Å². The molecule has 8 nitrogen and oxygen atoms in total. The molecule has 37 heavy (non-hydrogen) atoms. The third-order valence-electron chi connectivity index (χ3n) is 5.53. The number of halogens is 1. The highest BCUT2D eigenvalue weighted by molar-refractivity contribution is 6.34. The number of nitrogens with two attached hydrogens (primary N) is 1. The second-order valence-electron chi connectivity index (χ2n) is 7.97. The van der Waals surface area contributed by atoms with Gasteiger partial charge in [0.05, 0.1) is 16.3 Å². The number of carbonyl (C=O) groups excluding carboxylic acids is 2. The molecule has 1 heterocycles. The van der Waals surface area contributed by atoms with Gasteiger partial charge in [0.15, 0.2) is 5.82 Å². The Bertz CT molecular complexity index is 1530. The van der Waals surface area contributed by atoms with Crippen molar-refractivity contribution in [1.29, 1.82) is 5.26 Å². The monoisotopic (exact) mass is 511 g/mol. The molecule has 184 valence electrons. The number of hydrogen-bond donors (Lipinski definition) is 4. The first kappa shape index (κ1) is 25.4. The standard InChI is InChI=1S/C28H22ClN5O3/c29-23-10-3-1-8-19(23)28(37)34-26-22(16-31)21(15-24(33-26)20-9-2-4-11-25(20)35)17-6-5-7-18(14-17)27(36)32-13-12-30/h1-11,14-15,35H,12-13,30H2,(H,32,36)(H,33,34,37). The molecular weight excluding hydrogens is 490 g/mol. The number of aromatic hydroxyl groups is 1. The van der Waals surface area contributed by atoms with Gasteiger partial charge in [-0.25, -0.2) is 4.98 Å². The largest absolute Gasteiger partial charge is 0.507 e. The van der Waals surface area contributed by atoms with Crippen LogP contribution < -0.4 is 16.4 Å². The van der Waals surface area contributed by atoms with Crippen molar-refractivity contribution in [3.8, 4) is 34.2 Å². The van der Waals surface area contributed by atoms with Gasteiger partial charge in [-0.15, -0.1) is 0 Å². The lowest BCUT2D eigenvalue weighted by molar-refractivity contribution is 0.0954. The Labute approximate surface area is 218 Å². The highest BCUT2D eigenvalue weighted by Gasteiger charge is 2.20. The molecule has 4 rings (SSSR count). The molecule has 0 aliphatic carbocycles. The van der Waals surface area contributed by atoms with Gasteiger partial charge >= 0.3 is 0 Å². The fourth-order valence-corrected chi connectivity index (χ4v) is 3.96. The number of benzene rings is 3. The molecule has 0 saturated carbocycles. The van der Waals surface area contributed by atoms with Gasteiger partial charge in [-0.05, 0) is 48.0 Å². The maximum atomic E-state index is 13.1. The van der Waals surface area contributed by atoms with Crippen LogP contribution in [0.15, 0.2) is 78.9 Å². The van der Waals surface area contributed by atoms with Crippen molar-refractivity contribution < 1.29 is 14.7 Å². The van der Waals surface area contributed by atoms with Gasteiger partial charge in [0.1, 0.15) is 17.4 Å². The van der Waals surface area contributed by atoms with Gasteiger partial charge in [-0.1, -0.05) is 48.0 Å². The zero-order chi connectivity index (χ0) is 26.4. The molecule has 3 aromatic carbocycles. The Balaban J connectivity index is 1.88. The van der Waals surface area contributed by atoms with Crippen molar-refractivity contribution in [2.24, 2.45) is 5.73 Å². The van der Waals surface area contributed by atoms with E-state index in [0.29, 0.717) is 41.0 Å². The van der Waals surface area contributed by atoms with Crippen LogP contribution in [0.4, 0.5) is 5.82 Å². The van der Waals surface area contributed by atoms with Crippen LogP contribution in [0.5, 0.6) is 5.75 Å². The van der Waals surface area contributed by atoms with Crippen LogP contribution in [0.25, 0.3) is 22.4 Å². The normalized spacial score (nSPS) is 10.4. The van der Waals surface area contributed by atoms with E-state index >= 15 is 0 Å². The molecule has 0 spiro atoms. The minimum Gasteiger partial charge on any atom is -0.507 e. The van der Waals surface area contributed by atoms with Gasteiger partial charge in [0.25, 0.3) is 11.8 Å². The number of carbonyl (C=O) groups is 2. The minimum atomic E-state index is -0.551. The summed E-state index contributed by atoms with van der Waals surface area (Å²) in [6.45, 7) is 0.615. The summed E-state index contributed by atoms with van der Waals surface area (Å²) < 4.78 is 0. The predicted octanol–water partition coefficient (Wildman–Crippen LogP) is 4.59. The molecule has 9 heteroatoms. The maximum absolute atomic E-state index is 13.1. The van der Waals surface area contributed by atoms with E-state index in [2.05, 4.69) is 21.7 Å². The number of pyridine rings is 1. The molecule has 0 saturated heterocycles. The van der Waals surface area contributed by atoms with Crippen molar-refractivity contribution >= 4 is 29.2 Å². The molecule has 0 fully saturated rings. The lowest BCUT2D eigenvalue weighted by Crippen LogP contribution is -2.28. The fraction of sp³-hybridized carbons (Fsp3) is 0.0714. The molecule has 0 atom stereocenters. The number of amides is 2. The molecule has 0 aliphatic heterocycles. The minimum absolute atomic E-state index is 0.0128. The molecule has 0 unspecified atom stereocenters. The Kier molecular flexibility index (Phi) is 7.79. The Morgan fingerprint density at radius 2 is 1.73 bits per heavy atom. The van der Waals surface area contributed by atoms with E-state index in [-0.39, 0.29) is 33.6 Å². The first-order valence-corrected chi connectivity index (χ1v) is 11.7. The summed E-state index contributed by atoms with van der Waals surface area (Å²) >= 11 is 6.19. The third kappa shape index (κ3) is 5.59. The van der Waals surface area contributed by atoms with Crippen molar-refractivity contribution in [3.05, 3.63) is 101 Å². The number of nitrogens with zero attached hydrogens (tertiary/aromatic N) is 2. The molecule has 0 radical (unpaired) electrons.